The van der Waals surface area contributed by atoms with Gasteiger partial charge >= 0.3 is 0 Å². The van der Waals surface area contributed by atoms with Gasteiger partial charge in [-0.15, -0.1) is 0 Å². The molecule has 0 spiro atoms. The van der Waals surface area contributed by atoms with E-state index in [2.05, 4.69) is 53.7 Å². The van der Waals surface area contributed by atoms with Crippen LogP contribution in [-0.2, 0) is 11.2 Å². The molecule has 0 radical (unpaired) electrons. The molecule has 0 bridgehead atoms. The van der Waals surface area contributed by atoms with Crippen LogP contribution in [0.3, 0.4) is 0 Å². The number of hydrogen-bond acceptors (Lipinski definition) is 2. The minimum absolute atomic E-state index is 0.0125. The van der Waals surface area contributed by atoms with Crippen molar-refractivity contribution < 1.29 is 4.79 Å². The van der Waals surface area contributed by atoms with Crippen molar-refractivity contribution in [1.29, 1.82) is 0 Å². The largest absolute Gasteiger partial charge is 0.356 e. The number of carbonyl (C=O) groups is 1. The Balaban J connectivity index is 2.56. The molecule has 0 unspecified atom stereocenters. The van der Waals surface area contributed by atoms with Crippen LogP contribution >= 0.6 is 0 Å². The molecule has 1 rings (SSSR count). The summed E-state index contributed by atoms with van der Waals surface area (Å²) in [5.41, 5.74) is 1.17. The van der Waals surface area contributed by atoms with Crippen LogP contribution in [0.15, 0.2) is 35.3 Å². The first-order valence-corrected chi connectivity index (χ1v) is 8.79. The summed E-state index contributed by atoms with van der Waals surface area (Å²) in [4.78, 5) is 18.2. The third-order valence-electron chi connectivity index (χ3n) is 3.72. The molecule has 1 aromatic carbocycles. The van der Waals surface area contributed by atoms with Gasteiger partial charge in [0, 0.05) is 26.2 Å². The summed E-state index contributed by atoms with van der Waals surface area (Å²) in [6.45, 7) is 11.4. The highest BCUT2D eigenvalue weighted by Gasteiger charge is 2.21. The van der Waals surface area contributed by atoms with Gasteiger partial charge in [-0.3, -0.25) is 9.79 Å². The van der Waals surface area contributed by atoms with Crippen molar-refractivity contribution in [3.63, 3.8) is 0 Å². The van der Waals surface area contributed by atoms with E-state index in [1.807, 2.05) is 38.8 Å². The molecule has 140 valence electrons. The number of amides is 1. The number of rotatable bonds is 6. The van der Waals surface area contributed by atoms with Crippen molar-refractivity contribution in [3.8, 4) is 0 Å². The van der Waals surface area contributed by atoms with E-state index in [-0.39, 0.29) is 23.4 Å². The average molecular weight is 347 g/mol. The summed E-state index contributed by atoms with van der Waals surface area (Å²) in [5, 5.41) is 6.36. The Morgan fingerprint density at radius 2 is 1.72 bits per heavy atom. The second-order valence-electron chi connectivity index (χ2n) is 8.38. The van der Waals surface area contributed by atoms with E-state index >= 15 is 0 Å². The number of nitrogens with zero attached hydrogens (tertiary/aromatic N) is 2. The zero-order valence-corrected chi connectivity index (χ0v) is 16.8. The van der Waals surface area contributed by atoms with E-state index in [9.17, 15) is 4.79 Å². The highest BCUT2D eigenvalue weighted by Crippen LogP contribution is 2.20. The van der Waals surface area contributed by atoms with Crippen LogP contribution in [0.4, 0.5) is 0 Å². The number of benzene rings is 1. The van der Waals surface area contributed by atoms with Gasteiger partial charge in [0.2, 0.25) is 5.91 Å². The van der Waals surface area contributed by atoms with E-state index in [0.29, 0.717) is 0 Å². The molecule has 1 aromatic rings. The standard InChI is InChI=1S/C20H34N4O/c1-19(2,3)23-17(25)14-24(7)18(21-6)22-15-20(4,5)13-16-11-9-8-10-12-16/h8-12H,13-15H2,1-7H3,(H,21,22)(H,23,25). The Bertz CT molecular complexity index is 573. The lowest BCUT2D eigenvalue weighted by Crippen LogP contribution is -2.50. The molecule has 25 heavy (non-hydrogen) atoms. The fourth-order valence-corrected chi connectivity index (χ4v) is 2.66. The Morgan fingerprint density at radius 3 is 2.24 bits per heavy atom. The lowest BCUT2D eigenvalue weighted by molar-refractivity contribution is -0.122. The van der Waals surface area contributed by atoms with Crippen LogP contribution in [-0.4, -0.2) is 49.5 Å². The summed E-state index contributed by atoms with van der Waals surface area (Å²) in [6.07, 6.45) is 0.978. The van der Waals surface area contributed by atoms with Gasteiger partial charge in [-0.25, -0.2) is 0 Å². The first-order chi connectivity index (χ1) is 11.5. The molecule has 0 fully saturated rings. The Labute approximate surface area is 152 Å². The molecule has 0 saturated carbocycles. The SMILES string of the molecule is CN=C(NCC(C)(C)Cc1ccccc1)N(C)CC(=O)NC(C)(C)C. The smallest absolute Gasteiger partial charge is 0.240 e. The van der Waals surface area contributed by atoms with Crippen LogP contribution in [0.5, 0.6) is 0 Å². The minimum Gasteiger partial charge on any atom is -0.356 e. The number of likely N-dealkylation sites (N-methyl/N-ethyl adjacent to an activating group) is 1. The predicted molar refractivity (Wildman–Crippen MR) is 106 cm³/mol. The highest BCUT2D eigenvalue weighted by molar-refractivity contribution is 5.86. The monoisotopic (exact) mass is 346 g/mol. The van der Waals surface area contributed by atoms with Crippen molar-refractivity contribution in [3.05, 3.63) is 35.9 Å². The Kier molecular flexibility index (Phi) is 7.46. The van der Waals surface area contributed by atoms with Crippen molar-refractivity contribution >= 4 is 11.9 Å². The highest BCUT2D eigenvalue weighted by atomic mass is 16.2. The van der Waals surface area contributed by atoms with Crippen LogP contribution in [0.25, 0.3) is 0 Å². The first-order valence-electron chi connectivity index (χ1n) is 8.79. The second kappa shape index (κ2) is 8.88. The van der Waals surface area contributed by atoms with E-state index in [0.717, 1.165) is 18.9 Å². The molecule has 0 aliphatic carbocycles. The van der Waals surface area contributed by atoms with Gasteiger partial charge in [0.1, 0.15) is 0 Å². The minimum atomic E-state index is -0.230. The Morgan fingerprint density at radius 1 is 1.12 bits per heavy atom. The molecule has 0 aromatic heterocycles. The molecule has 0 heterocycles. The van der Waals surface area contributed by atoms with Gasteiger partial charge in [0.25, 0.3) is 0 Å². The van der Waals surface area contributed by atoms with Crippen molar-refractivity contribution in [2.75, 3.05) is 27.2 Å². The fraction of sp³-hybridized carbons (Fsp3) is 0.600. The summed E-state index contributed by atoms with van der Waals surface area (Å²) in [5.74, 6) is 0.715. The van der Waals surface area contributed by atoms with Crippen molar-refractivity contribution in [2.45, 2.75) is 46.6 Å². The zero-order chi connectivity index (χ0) is 19.1. The van der Waals surface area contributed by atoms with E-state index < -0.39 is 0 Å². The van der Waals surface area contributed by atoms with Crippen LogP contribution in [0, 0.1) is 5.41 Å². The molecule has 0 atom stereocenters. The maximum atomic E-state index is 12.1. The van der Waals surface area contributed by atoms with Gasteiger partial charge in [0.05, 0.1) is 6.54 Å². The van der Waals surface area contributed by atoms with E-state index in [1.54, 1.807) is 7.05 Å². The number of carbonyl (C=O) groups excluding carboxylic acids is 1. The second-order valence-corrected chi connectivity index (χ2v) is 8.38. The third kappa shape index (κ3) is 8.57. The third-order valence-corrected chi connectivity index (χ3v) is 3.72. The Hall–Kier alpha value is -2.04. The fourth-order valence-electron chi connectivity index (χ4n) is 2.66. The van der Waals surface area contributed by atoms with Crippen molar-refractivity contribution in [1.82, 2.24) is 15.5 Å². The molecule has 1 amide bonds. The number of hydrogen-bond donors (Lipinski definition) is 2. The summed E-state index contributed by atoms with van der Waals surface area (Å²) < 4.78 is 0. The number of aliphatic imine (C=N–C) groups is 1. The topological polar surface area (TPSA) is 56.7 Å². The lowest BCUT2D eigenvalue weighted by atomic mass is 9.86. The predicted octanol–water partition coefficient (Wildman–Crippen LogP) is 2.68. The number of guanidine groups is 1. The normalized spacial score (nSPS) is 12.7. The molecular weight excluding hydrogens is 312 g/mol. The quantitative estimate of drug-likeness (QED) is 0.615. The van der Waals surface area contributed by atoms with Crippen LogP contribution in [0.1, 0.15) is 40.2 Å². The van der Waals surface area contributed by atoms with E-state index in [1.165, 1.54) is 5.56 Å². The summed E-state index contributed by atoms with van der Waals surface area (Å²) in [7, 11) is 3.62. The van der Waals surface area contributed by atoms with Crippen LogP contribution in [0.2, 0.25) is 0 Å². The average Bonchev–Trinajstić information content (AvgIpc) is 2.46. The maximum absolute atomic E-state index is 12.1. The van der Waals surface area contributed by atoms with Crippen molar-refractivity contribution in [2.24, 2.45) is 10.4 Å². The van der Waals surface area contributed by atoms with Crippen LogP contribution < -0.4 is 10.6 Å². The van der Waals surface area contributed by atoms with Gasteiger partial charge < -0.3 is 15.5 Å². The van der Waals surface area contributed by atoms with Gasteiger partial charge in [-0.05, 0) is 38.2 Å². The summed E-state index contributed by atoms with van der Waals surface area (Å²) >= 11 is 0. The molecule has 2 N–H and O–H groups in total. The molecule has 5 heteroatoms. The number of nitrogens with one attached hydrogen (secondary N) is 2. The molecular formula is C20H34N4O. The van der Waals surface area contributed by atoms with Gasteiger partial charge in [-0.1, -0.05) is 44.2 Å². The lowest BCUT2D eigenvalue weighted by Gasteiger charge is -2.29. The molecule has 5 nitrogen and oxygen atoms in total. The first kappa shape index (κ1) is 21.0. The molecule has 0 aliphatic rings. The molecule has 0 saturated heterocycles. The molecule has 0 aliphatic heterocycles. The van der Waals surface area contributed by atoms with Gasteiger partial charge in [-0.2, -0.15) is 0 Å². The maximum Gasteiger partial charge on any atom is 0.240 e. The van der Waals surface area contributed by atoms with E-state index in [4.69, 9.17) is 0 Å². The summed E-state index contributed by atoms with van der Waals surface area (Å²) in [6, 6.07) is 10.5. The zero-order valence-electron chi connectivity index (χ0n) is 16.8. The van der Waals surface area contributed by atoms with Gasteiger partial charge in [0.15, 0.2) is 5.96 Å².